The monoisotopic (exact) mass is 372 g/mol. The van der Waals surface area contributed by atoms with Crippen LogP contribution in [0.25, 0.3) is 0 Å². The summed E-state index contributed by atoms with van der Waals surface area (Å²) in [6, 6.07) is 9.81. The maximum Gasteiger partial charge on any atom is 0.272 e. The molecule has 0 radical (unpaired) electrons. The first-order chi connectivity index (χ1) is 12.7. The maximum absolute atomic E-state index is 12.8. The summed E-state index contributed by atoms with van der Waals surface area (Å²) in [4.78, 5) is 23.5. The minimum Gasteiger partial charge on any atom is -0.354 e. The van der Waals surface area contributed by atoms with Crippen molar-refractivity contribution in [3.63, 3.8) is 0 Å². The zero-order valence-corrected chi connectivity index (χ0v) is 15.9. The molecule has 6 heteroatoms. The SMILES string of the molecule is CCC1CCCCN1C(=O)c1ccnc(NCCc2cccc(Cl)c2)n1. The second-order valence-corrected chi connectivity index (χ2v) is 7.07. The molecule has 1 atom stereocenters. The van der Waals surface area contributed by atoms with Crippen LogP contribution < -0.4 is 5.32 Å². The second-order valence-electron chi connectivity index (χ2n) is 6.63. The number of anilines is 1. The Hall–Kier alpha value is -2.14. The third kappa shape index (κ3) is 4.73. The summed E-state index contributed by atoms with van der Waals surface area (Å²) < 4.78 is 0. The van der Waals surface area contributed by atoms with Gasteiger partial charge >= 0.3 is 0 Å². The molecule has 0 saturated carbocycles. The molecule has 1 aromatic heterocycles. The summed E-state index contributed by atoms with van der Waals surface area (Å²) in [5, 5.41) is 3.93. The minimum atomic E-state index is 0.0110. The zero-order chi connectivity index (χ0) is 18.4. The van der Waals surface area contributed by atoms with Crippen molar-refractivity contribution in [2.24, 2.45) is 0 Å². The number of aromatic nitrogens is 2. The molecule has 26 heavy (non-hydrogen) atoms. The molecule has 1 unspecified atom stereocenters. The van der Waals surface area contributed by atoms with E-state index in [-0.39, 0.29) is 5.91 Å². The van der Waals surface area contributed by atoms with Gasteiger partial charge in [-0.2, -0.15) is 0 Å². The number of likely N-dealkylation sites (tertiary alicyclic amines) is 1. The summed E-state index contributed by atoms with van der Waals surface area (Å²) in [7, 11) is 0. The van der Waals surface area contributed by atoms with Crippen molar-refractivity contribution < 1.29 is 4.79 Å². The van der Waals surface area contributed by atoms with Gasteiger partial charge < -0.3 is 10.2 Å². The number of halogens is 1. The van der Waals surface area contributed by atoms with Gasteiger partial charge in [0.05, 0.1) is 0 Å². The fourth-order valence-corrected chi connectivity index (χ4v) is 3.63. The van der Waals surface area contributed by atoms with Gasteiger partial charge in [-0.3, -0.25) is 4.79 Å². The summed E-state index contributed by atoms with van der Waals surface area (Å²) in [5.41, 5.74) is 1.61. The van der Waals surface area contributed by atoms with Crippen molar-refractivity contribution in [1.29, 1.82) is 0 Å². The summed E-state index contributed by atoms with van der Waals surface area (Å²) in [5.74, 6) is 0.500. The Morgan fingerprint density at radius 1 is 1.35 bits per heavy atom. The van der Waals surface area contributed by atoms with E-state index >= 15 is 0 Å². The van der Waals surface area contributed by atoms with Crippen LogP contribution in [0.4, 0.5) is 5.95 Å². The highest BCUT2D eigenvalue weighted by atomic mass is 35.5. The molecule has 1 aliphatic heterocycles. The molecular weight excluding hydrogens is 348 g/mol. The largest absolute Gasteiger partial charge is 0.354 e. The Labute approximate surface area is 159 Å². The first-order valence-electron chi connectivity index (χ1n) is 9.29. The zero-order valence-electron chi connectivity index (χ0n) is 15.1. The number of rotatable bonds is 6. The first-order valence-corrected chi connectivity index (χ1v) is 9.67. The summed E-state index contributed by atoms with van der Waals surface area (Å²) in [6.45, 7) is 3.64. The van der Waals surface area contributed by atoms with E-state index in [9.17, 15) is 4.79 Å². The maximum atomic E-state index is 12.8. The lowest BCUT2D eigenvalue weighted by Crippen LogP contribution is -2.43. The lowest BCUT2D eigenvalue weighted by atomic mass is 9.99. The van der Waals surface area contributed by atoms with Crippen molar-refractivity contribution in [3.05, 3.63) is 52.8 Å². The molecule has 1 N–H and O–H groups in total. The van der Waals surface area contributed by atoms with Gasteiger partial charge in [-0.15, -0.1) is 0 Å². The van der Waals surface area contributed by atoms with Crippen LogP contribution >= 0.6 is 11.6 Å². The third-order valence-corrected chi connectivity index (χ3v) is 5.05. The van der Waals surface area contributed by atoms with Gasteiger partial charge in [0.1, 0.15) is 5.69 Å². The van der Waals surface area contributed by atoms with Gasteiger partial charge in [-0.1, -0.05) is 30.7 Å². The second kappa shape index (κ2) is 8.99. The topological polar surface area (TPSA) is 58.1 Å². The number of hydrogen-bond acceptors (Lipinski definition) is 4. The quantitative estimate of drug-likeness (QED) is 0.826. The molecule has 0 spiro atoms. The molecule has 1 aliphatic rings. The molecular formula is C20H25ClN4O. The molecule has 2 aromatic rings. The Morgan fingerprint density at radius 2 is 2.23 bits per heavy atom. The Kier molecular flexibility index (Phi) is 6.45. The van der Waals surface area contributed by atoms with Crippen LogP contribution in [-0.4, -0.2) is 39.9 Å². The molecule has 0 aliphatic carbocycles. The predicted molar refractivity (Wildman–Crippen MR) is 105 cm³/mol. The highest BCUT2D eigenvalue weighted by Gasteiger charge is 2.27. The fourth-order valence-electron chi connectivity index (χ4n) is 3.41. The molecule has 1 fully saturated rings. The minimum absolute atomic E-state index is 0.0110. The van der Waals surface area contributed by atoms with E-state index in [4.69, 9.17) is 11.6 Å². The highest BCUT2D eigenvalue weighted by molar-refractivity contribution is 6.30. The average Bonchev–Trinajstić information content (AvgIpc) is 2.68. The molecule has 1 aromatic carbocycles. The lowest BCUT2D eigenvalue weighted by molar-refractivity contribution is 0.0602. The van der Waals surface area contributed by atoms with E-state index in [1.807, 2.05) is 29.2 Å². The van der Waals surface area contributed by atoms with Crippen molar-refractivity contribution in [3.8, 4) is 0 Å². The third-order valence-electron chi connectivity index (χ3n) is 4.82. The van der Waals surface area contributed by atoms with E-state index < -0.39 is 0 Å². The van der Waals surface area contributed by atoms with E-state index in [1.165, 1.54) is 6.42 Å². The van der Waals surface area contributed by atoms with Gasteiger partial charge in [0, 0.05) is 30.4 Å². The van der Waals surface area contributed by atoms with E-state index in [0.717, 1.165) is 42.8 Å². The average molecular weight is 373 g/mol. The van der Waals surface area contributed by atoms with Crippen molar-refractivity contribution in [2.45, 2.75) is 45.1 Å². The number of hydrogen-bond donors (Lipinski definition) is 1. The molecule has 5 nitrogen and oxygen atoms in total. The lowest BCUT2D eigenvalue weighted by Gasteiger charge is -2.35. The smallest absolute Gasteiger partial charge is 0.272 e. The fraction of sp³-hybridized carbons (Fsp3) is 0.450. The normalized spacial score (nSPS) is 17.2. The van der Waals surface area contributed by atoms with Gasteiger partial charge in [-0.25, -0.2) is 9.97 Å². The molecule has 1 amide bonds. The van der Waals surface area contributed by atoms with Crippen LogP contribution in [0.1, 0.15) is 48.7 Å². The van der Waals surface area contributed by atoms with Gasteiger partial charge in [0.25, 0.3) is 5.91 Å². The molecule has 2 heterocycles. The molecule has 1 saturated heterocycles. The van der Waals surface area contributed by atoms with Crippen LogP contribution in [0.5, 0.6) is 0 Å². The number of amides is 1. The van der Waals surface area contributed by atoms with Crippen molar-refractivity contribution in [2.75, 3.05) is 18.4 Å². The van der Waals surface area contributed by atoms with Crippen LogP contribution in [-0.2, 0) is 6.42 Å². The molecule has 0 bridgehead atoms. The van der Waals surface area contributed by atoms with Crippen LogP contribution in [0, 0.1) is 0 Å². The molecule has 138 valence electrons. The van der Waals surface area contributed by atoms with Crippen molar-refractivity contribution in [1.82, 2.24) is 14.9 Å². The molecule has 3 rings (SSSR count). The number of carbonyl (C=O) groups is 1. The van der Waals surface area contributed by atoms with E-state index in [2.05, 4.69) is 22.2 Å². The van der Waals surface area contributed by atoms with Crippen LogP contribution in [0.3, 0.4) is 0 Å². The Bertz CT molecular complexity index is 752. The standard InChI is InChI=1S/C20H25ClN4O/c1-2-17-8-3-4-13-25(17)19(26)18-10-12-23-20(24-18)22-11-9-15-6-5-7-16(21)14-15/h5-7,10,12,14,17H,2-4,8-9,11,13H2,1H3,(H,22,23,24). The van der Waals surface area contributed by atoms with E-state index in [1.54, 1.807) is 12.3 Å². The van der Waals surface area contributed by atoms with E-state index in [0.29, 0.717) is 24.2 Å². The number of nitrogens with one attached hydrogen (secondary N) is 1. The number of carbonyl (C=O) groups excluding carboxylic acids is 1. The van der Waals surface area contributed by atoms with Crippen LogP contribution in [0.15, 0.2) is 36.5 Å². The summed E-state index contributed by atoms with van der Waals surface area (Å²) >= 11 is 6.01. The Balaban J connectivity index is 1.61. The number of piperidine rings is 1. The number of benzene rings is 1. The van der Waals surface area contributed by atoms with Crippen molar-refractivity contribution >= 4 is 23.5 Å². The number of nitrogens with zero attached hydrogens (tertiary/aromatic N) is 3. The highest BCUT2D eigenvalue weighted by Crippen LogP contribution is 2.21. The van der Waals surface area contributed by atoms with Crippen LogP contribution in [0.2, 0.25) is 5.02 Å². The predicted octanol–water partition coefficient (Wildman–Crippen LogP) is 4.19. The van der Waals surface area contributed by atoms with Gasteiger partial charge in [-0.05, 0) is 55.9 Å². The first kappa shape index (κ1) is 18.6. The Morgan fingerprint density at radius 3 is 3.04 bits per heavy atom. The van der Waals surface area contributed by atoms with Gasteiger partial charge in [0.2, 0.25) is 5.95 Å². The van der Waals surface area contributed by atoms with Gasteiger partial charge in [0.15, 0.2) is 0 Å². The summed E-state index contributed by atoms with van der Waals surface area (Å²) in [6.07, 6.45) is 6.79.